The van der Waals surface area contributed by atoms with Gasteiger partial charge in [-0.2, -0.15) is 11.6 Å². The number of aliphatic hydroxyl groups is 3. The van der Waals surface area contributed by atoms with Crippen LogP contribution in [0, 0.1) is 24.8 Å². The van der Waals surface area contributed by atoms with Crippen molar-refractivity contribution in [3.63, 3.8) is 0 Å². The van der Waals surface area contributed by atoms with Gasteiger partial charge in [-0.25, -0.2) is 0 Å². The number of ketones is 2. The molecule has 0 bridgehead atoms. The van der Waals surface area contributed by atoms with Crippen LogP contribution in [0.1, 0.15) is 23.1 Å². The zero-order chi connectivity index (χ0) is 23.0. The van der Waals surface area contributed by atoms with Crippen molar-refractivity contribution in [2.75, 3.05) is 19.8 Å². The van der Waals surface area contributed by atoms with Gasteiger partial charge in [0.05, 0.1) is 6.04 Å². The van der Waals surface area contributed by atoms with Crippen LogP contribution in [0.25, 0.3) is 5.76 Å². The number of amides is 1. The number of primary amides is 1. The zero-order valence-electron chi connectivity index (χ0n) is 18.0. The standard InChI is InChI=1S/C22H24N3O6.Y/c1-8-4-10(23)7-12-11(8)5-9-6-13-16(25(2)3)18(27)15(21(24)30)20(29)22(13,31)19(28)14(9)17(12)26;/h7,9,13,16,26,29,31H,5-6,23H2,1-3H3,(H2,24,30);/q-1;/t9-,13-,16-,22-;/m0./s1. The number of Topliss-reactive ketones (excluding diaryl/α,β-unsaturated/α-hetero) is 2. The molecular formula is C22H24N3O6Y-. The van der Waals surface area contributed by atoms with Gasteiger partial charge < -0.3 is 26.8 Å². The molecule has 0 unspecified atom stereocenters. The van der Waals surface area contributed by atoms with E-state index >= 15 is 0 Å². The van der Waals surface area contributed by atoms with E-state index in [4.69, 9.17) is 11.5 Å². The normalized spacial score (nSPS) is 29.3. The molecule has 0 spiro atoms. The van der Waals surface area contributed by atoms with Crippen LogP contribution in [0.5, 0.6) is 0 Å². The number of fused-ring (bicyclic) bond motifs is 3. The summed E-state index contributed by atoms with van der Waals surface area (Å²) < 4.78 is 0. The Morgan fingerprint density at radius 2 is 1.91 bits per heavy atom. The minimum Gasteiger partial charge on any atom is -0.509 e. The first-order valence-corrected chi connectivity index (χ1v) is 9.87. The topological polar surface area (TPSA) is 167 Å². The third kappa shape index (κ3) is 3.17. The summed E-state index contributed by atoms with van der Waals surface area (Å²) in [5.41, 5.74) is 9.90. The largest absolute Gasteiger partial charge is 0.509 e. The maximum Gasteiger partial charge on any atom is 0.255 e. The fourth-order valence-electron chi connectivity index (χ4n) is 5.39. The number of likely N-dealkylation sites (N-methyl/N-ethyl adjacent to an activating group) is 1. The Bertz CT molecular complexity index is 1120. The second-order valence-corrected chi connectivity index (χ2v) is 8.70. The van der Waals surface area contributed by atoms with E-state index in [9.17, 15) is 29.7 Å². The van der Waals surface area contributed by atoms with Gasteiger partial charge >= 0.3 is 0 Å². The van der Waals surface area contributed by atoms with Crippen molar-refractivity contribution in [3.8, 4) is 0 Å². The molecule has 32 heavy (non-hydrogen) atoms. The average molecular weight is 515 g/mol. The first kappa shape index (κ1) is 24.6. The molecule has 0 aliphatic heterocycles. The molecule has 1 saturated carbocycles. The van der Waals surface area contributed by atoms with Crippen LogP contribution in [-0.2, 0) is 53.5 Å². The number of hydrogen-bond donors (Lipinski definition) is 5. The molecule has 0 heterocycles. The first-order valence-electron chi connectivity index (χ1n) is 9.87. The minimum atomic E-state index is -2.56. The van der Waals surface area contributed by atoms with Crippen molar-refractivity contribution in [1.82, 2.24) is 4.90 Å². The number of benzene rings is 1. The Hall–Kier alpha value is -2.07. The number of hydrogen-bond acceptors (Lipinski definition) is 8. The van der Waals surface area contributed by atoms with E-state index in [1.54, 1.807) is 21.0 Å². The molecule has 1 fully saturated rings. The molecule has 1 amide bonds. The maximum atomic E-state index is 13.6. The Morgan fingerprint density at radius 1 is 1.28 bits per heavy atom. The van der Waals surface area contributed by atoms with E-state index in [2.05, 4.69) is 6.07 Å². The SMILES string of the molecule is Cc1[c-]c(N)cc2c1C[C@H]1C[C@H]3[C@H](N(C)C)C(=O)C(C(N)=O)=C(O)[C@@]3(O)C(=O)C1=C2O.[Y]. The van der Waals surface area contributed by atoms with Gasteiger partial charge in [-0.05, 0) is 26.4 Å². The summed E-state index contributed by atoms with van der Waals surface area (Å²) in [4.78, 5) is 40.0. The summed E-state index contributed by atoms with van der Waals surface area (Å²) in [7, 11) is 3.16. The summed E-state index contributed by atoms with van der Waals surface area (Å²) in [6.45, 7) is 1.80. The molecule has 7 N–H and O–H groups in total. The van der Waals surface area contributed by atoms with Crippen LogP contribution >= 0.6 is 0 Å². The molecule has 10 heteroatoms. The molecule has 167 valence electrons. The molecule has 9 nitrogen and oxygen atoms in total. The summed E-state index contributed by atoms with van der Waals surface area (Å²) in [6, 6.07) is 3.44. The second-order valence-electron chi connectivity index (χ2n) is 8.70. The van der Waals surface area contributed by atoms with Crippen LogP contribution in [-0.4, -0.2) is 63.4 Å². The molecule has 0 saturated heterocycles. The van der Waals surface area contributed by atoms with Crippen LogP contribution in [0.15, 0.2) is 23.0 Å². The Kier molecular flexibility index (Phi) is 6.19. The van der Waals surface area contributed by atoms with E-state index < -0.39 is 52.3 Å². The van der Waals surface area contributed by atoms with E-state index in [0.717, 1.165) is 11.1 Å². The van der Waals surface area contributed by atoms with Crippen molar-refractivity contribution in [2.24, 2.45) is 17.6 Å². The minimum absolute atomic E-state index is 0. The number of carbonyl (C=O) groups is 3. The molecule has 1 radical (unpaired) electrons. The molecule has 3 aliphatic rings. The number of anilines is 1. The van der Waals surface area contributed by atoms with Crippen LogP contribution in [0.4, 0.5) is 5.69 Å². The number of aliphatic hydroxyl groups excluding tert-OH is 2. The van der Waals surface area contributed by atoms with Gasteiger partial charge in [-0.1, -0.05) is 24.6 Å². The van der Waals surface area contributed by atoms with Crippen molar-refractivity contribution in [3.05, 3.63) is 45.7 Å². The third-order valence-corrected chi connectivity index (χ3v) is 6.74. The number of aryl methyl sites for hydroxylation is 1. The predicted molar refractivity (Wildman–Crippen MR) is 111 cm³/mol. The van der Waals surface area contributed by atoms with Gasteiger partial charge in [0.25, 0.3) is 5.91 Å². The molecule has 1 aromatic carbocycles. The summed E-state index contributed by atoms with van der Waals surface area (Å²) >= 11 is 0. The molecule has 4 atom stereocenters. The van der Waals surface area contributed by atoms with Crippen LogP contribution in [0.2, 0.25) is 0 Å². The van der Waals surface area contributed by atoms with Crippen LogP contribution in [0.3, 0.4) is 0 Å². The number of nitrogens with two attached hydrogens (primary N) is 2. The summed E-state index contributed by atoms with van der Waals surface area (Å²) in [6.07, 6.45) is 0.493. The van der Waals surface area contributed by atoms with Crippen molar-refractivity contribution < 1.29 is 62.4 Å². The summed E-state index contributed by atoms with van der Waals surface area (Å²) in [5.74, 6) is -5.86. The van der Waals surface area contributed by atoms with E-state index in [0.29, 0.717) is 12.0 Å². The van der Waals surface area contributed by atoms with Gasteiger partial charge in [0, 0.05) is 44.2 Å². The first-order chi connectivity index (χ1) is 14.4. The smallest absolute Gasteiger partial charge is 0.255 e. The fraction of sp³-hybridized carbons (Fsp3) is 0.409. The van der Waals surface area contributed by atoms with E-state index in [1.165, 1.54) is 11.0 Å². The van der Waals surface area contributed by atoms with E-state index in [1.807, 2.05) is 0 Å². The van der Waals surface area contributed by atoms with Crippen molar-refractivity contribution >= 4 is 28.9 Å². The quantitative estimate of drug-likeness (QED) is 0.208. The van der Waals surface area contributed by atoms with E-state index in [-0.39, 0.29) is 56.1 Å². The Balaban J connectivity index is 0.00000289. The van der Waals surface area contributed by atoms with Crippen molar-refractivity contribution in [2.45, 2.75) is 31.4 Å². The number of carbonyl (C=O) groups excluding carboxylic acids is 3. The zero-order valence-corrected chi connectivity index (χ0v) is 20.8. The van der Waals surface area contributed by atoms with Crippen molar-refractivity contribution in [1.29, 1.82) is 0 Å². The molecule has 0 aromatic heterocycles. The number of nitrogens with zero attached hydrogens (tertiary/aromatic N) is 1. The van der Waals surface area contributed by atoms with Gasteiger partial charge in [0.15, 0.2) is 11.4 Å². The van der Waals surface area contributed by atoms with Crippen LogP contribution < -0.4 is 11.5 Å². The predicted octanol–water partition coefficient (Wildman–Crippen LogP) is -0.0533. The van der Waals surface area contributed by atoms with Gasteiger partial charge in [-0.3, -0.25) is 19.3 Å². The third-order valence-electron chi connectivity index (χ3n) is 6.74. The maximum absolute atomic E-state index is 13.6. The fourth-order valence-corrected chi connectivity index (χ4v) is 5.39. The Morgan fingerprint density at radius 3 is 2.47 bits per heavy atom. The molecule has 4 rings (SSSR count). The average Bonchev–Trinajstić information content (AvgIpc) is 2.65. The van der Waals surface area contributed by atoms with Gasteiger partial charge in [0.2, 0.25) is 5.78 Å². The summed E-state index contributed by atoms with van der Waals surface area (Å²) in [5, 5.41) is 33.2. The Labute approximate surface area is 210 Å². The van der Waals surface area contributed by atoms with Gasteiger partial charge in [-0.15, -0.1) is 11.6 Å². The van der Waals surface area contributed by atoms with Gasteiger partial charge in [0.1, 0.15) is 17.1 Å². The second kappa shape index (κ2) is 8.06. The molecule has 1 aromatic rings. The monoisotopic (exact) mass is 515 g/mol. The number of rotatable bonds is 2. The molecule has 3 aliphatic carbocycles. The molecular weight excluding hydrogens is 491 g/mol. The number of nitrogen functional groups attached to an aromatic ring is 1.